The summed E-state index contributed by atoms with van der Waals surface area (Å²) in [5, 5.41) is 0. The quantitative estimate of drug-likeness (QED) is 0.358. The van der Waals surface area contributed by atoms with Gasteiger partial charge in [0.15, 0.2) is 0 Å². The normalized spacial score (nSPS) is 13.0. The predicted octanol–water partition coefficient (Wildman–Crippen LogP) is 4.36. The molecular weight excluding hydrogens is 279 g/mol. The van der Waals surface area contributed by atoms with E-state index in [1.54, 1.807) is 0 Å². The van der Waals surface area contributed by atoms with Crippen LogP contribution in [0, 0.1) is 0 Å². The molecule has 0 aliphatic heterocycles. The molecule has 0 unspecified atom stereocenters. The van der Waals surface area contributed by atoms with Crippen LogP contribution in [0.3, 0.4) is 0 Å². The maximum absolute atomic E-state index is 11.5. The molecule has 0 fully saturated rings. The van der Waals surface area contributed by atoms with Crippen molar-refractivity contribution in [1.29, 1.82) is 0 Å². The zero-order valence-corrected chi connectivity index (χ0v) is 13.8. The summed E-state index contributed by atoms with van der Waals surface area (Å²) in [5.74, 6) is 1.07. The molecule has 0 amide bonds. The first-order valence-corrected chi connectivity index (χ1v) is 9.27. The van der Waals surface area contributed by atoms with Gasteiger partial charge < -0.3 is 0 Å². The smallest absolute Gasteiger partial charge is 0.290 e. The molecule has 0 atom stereocenters. The lowest BCUT2D eigenvalue weighted by Crippen LogP contribution is -2.04. The molecule has 0 N–H and O–H groups in total. The fourth-order valence-electron chi connectivity index (χ4n) is 0.838. The van der Waals surface area contributed by atoms with Crippen LogP contribution in [0.2, 0.25) is 0 Å². The minimum Gasteiger partial charge on any atom is -0.290 e. The van der Waals surface area contributed by atoms with Crippen molar-refractivity contribution in [3.63, 3.8) is 0 Å². The largest absolute Gasteiger partial charge is 0.474 e. The molecule has 0 aromatic carbocycles. The van der Waals surface area contributed by atoms with Crippen LogP contribution in [0.25, 0.3) is 0 Å². The Bertz CT molecular complexity index is 235. The van der Waals surface area contributed by atoms with E-state index >= 15 is 0 Å². The van der Waals surface area contributed by atoms with E-state index in [0.717, 1.165) is 18.6 Å². The van der Waals surface area contributed by atoms with Crippen molar-refractivity contribution >= 4 is 29.4 Å². The van der Waals surface area contributed by atoms with E-state index in [2.05, 4.69) is 29.8 Å². The molecule has 0 aromatic heterocycles. The van der Waals surface area contributed by atoms with E-state index in [1.807, 2.05) is 21.6 Å². The summed E-state index contributed by atoms with van der Waals surface area (Å²) in [7, 11) is 3.10. The van der Waals surface area contributed by atoms with Crippen molar-refractivity contribution in [1.82, 2.24) is 0 Å². The van der Waals surface area contributed by atoms with E-state index in [4.69, 9.17) is 4.52 Å². The van der Waals surface area contributed by atoms with Crippen LogP contribution in [-0.4, -0.2) is 31.3 Å². The predicted molar refractivity (Wildman–Crippen MR) is 76.6 cm³/mol. The average Bonchev–Trinajstić information content (AvgIpc) is 2.26. The lowest BCUT2D eigenvalue weighted by molar-refractivity contribution is 0.150. The average molecular weight is 302 g/mol. The maximum Gasteiger partial charge on any atom is 0.474 e. The molecule has 0 saturated heterocycles. The number of hydrogen-bond acceptors (Lipinski definition) is 6. The number of rotatable bonds is 9. The number of phosphoric ester groups is 1. The molecular formula is C10H23O4PS2. The van der Waals surface area contributed by atoms with Gasteiger partial charge in [-0.05, 0) is 12.8 Å². The molecule has 7 heteroatoms. The van der Waals surface area contributed by atoms with Gasteiger partial charge in [0.25, 0.3) is 0 Å². The van der Waals surface area contributed by atoms with Gasteiger partial charge >= 0.3 is 7.82 Å². The maximum atomic E-state index is 11.5. The number of unbranched alkanes of at least 4 members (excludes halogenated alkanes) is 1. The van der Waals surface area contributed by atoms with E-state index in [0.29, 0.717) is 11.4 Å². The summed E-state index contributed by atoms with van der Waals surface area (Å²) in [4.78, 5) is 0. The molecule has 17 heavy (non-hydrogen) atoms. The molecule has 0 spiro atoms. The minimum atomic E-state index is -3.28. The summed E-state index contributed by atoms with van der Waals surface area (Å²) in [5.41, 5.74) is 0. The Morgan fingerprint density at radius 2 is 1.71 bits per heavy atom. The minimum absolute atomic E-state index is 0.295. The van der Waals surface area contributed by atoms with Crippen LogP contribution in [0.4, 0.5) is 0 Å². The Labute approximate surface area is 113 Å². The van der Waals surface area contributed by atoms with Crippen LogP contribution in [0.15, 0.2) is 0 Å². The summed E-state index contributed by atoms with van der Waals surface area (Å²) in [6.07, 6.45) is 1.88. The highest BCUT2D eigenvalue weighted by Crippen LogP contribution is 2.47. The third kappa shape index (κ3) is 10.4. The highest BCUT2D eigenvalue weighted by Gasteiger charge is 2.21. The van der Waals surface area contributed by atoms with Gasteiger partial charge in [-0.3, -0.25) is 13.6 Å². The van der Waals surface area contributed by atoms with Gasteiger partial charge in [0, 0.05) is 24.7 Å². The van der Waals surface area contributed by atoms with Crippen LogP contribution in [-0.2, 0) is 18.1 Å². The molecule has 0 rings (SSSR count). The van der Waals surface area contributed by atoms with Crippen molar-refractivity contribution in [2.45, 2.75) is 38.4 Å². The van der Waals surface area contributed by atoms with Gasteiger partial charge in [0.1, 0.15) is 0 Å². The van der Waals surface area contributed by atoms with Crippen molar-refractivity contribution in [2.75, 3.05) is 26.6 Å². The Balaban J connectivity index is 3.44. The molecule has 4 nitrogen and oxygen atoms in total. The number of hydrogen-bond donors (Lipinski definition) is 0. The Morgan fingerprint density at radius 3 is 2.18 bits per heavy atom. The number of phosphoric acid groups is 1. The third-order valence-electron chi connectivity index (χ3n) is 1.63. The van der Waals surface area contributed by atoms with Gasteiger partial charge in [0.05, 0.1) is 6.61 Å². The van der Waals surface area contributed by atoms with E-state index in [9.17, 15) is 4.57 Å². The van der Waals surface area contributed by atoms with Crippen molar-refractivity contribution < 1.29 is 18.1 Å². The van der Waals surface area contributed by atoms with Gasteiger partial charge in [-0.15, -0.1) is 0 Å². The van der Waals surface area contributed by atoms with Crippen LogP contribution >= 0.6 is 29.4 Å². The molecule has 0 aromatic rings. The van der Waals surface area contributed by atoms with Gasteiger partial charge in [-0.1, -0.05) is 42.4 Å². The van der Waals surface area contributed by atoms with E-state index in [-0.39, 0.29) is 0 Å². The van der Waals surface area contributed by atoms with Crippen molar-refractivity contribution in [2.24, 2.45) is 0 Å². The Kier molecular flexibility index (Phi) is 9.25. The standard InChI is InChI=1S/C10H23O4PS2/c1-10(2,3)17-16-9-7-6-8-14-15(11,12-4)13-5/h6-9H2,1-5H3. The molecule has 104 valence electrons. The lowest BCUT2D eigenvalue weighted by atomic mass is 10.3. The highest BCUT2D eigenvalue weighted by atomic mass is 33.1. The first-order valence-electron chi connectivity index (χ1n) is 5.49. The summed E-state index contributed by atoms with van der Waals surface area (Å²) >= 11 is 0. The highest BCUT2D eigenvalue weighted by molar-refractivity contribution is 8.77. The molecule has 0 aliphatic carbocycles. The SMILES string of the molecule is COP(=O)(OC)OCCCCSSC(C)(C)C. The van der Waals surface area contributed by atoms with Crippen LogP contribution in [0.5, 0.6) is 0 Å². The van der Waals surface area contributed by atoms with Gasteiger partial charge in [-0.2, -0.15) is 0 Å². The first kappa shape index (κ1) is 17.8. The summed E-state index contributed by atoms with van der Waals surface area (Å²) < 4.78 is 26.2. The Hall–Kier alpha value is 0.810. The van der Waals surface area contributed by atoms with E-state index in [1.165, 1.54) is 14.2 Å². The molecule has 0 heterocycles. The fourth-order valence-corrected chi connectivity index (χ4v) is 3.97. The monoisotopic (exact) mass is 302 g/mol. The topological polar surface area (TPSA) is 44.8 Å². The lowest BCUT2D eigenvalue weighted by Gasteiger charge is -2.16. The zero-order chi connectivity index (χ0) is 13.4. The summed E-state index contributed by atoms with van der Waals surface area (Å²) in [6, 6.07) is 0. The first-order chi connectivity index (χ1) is 7.83. The molecule has 0 saturated carbocycles. The van der Waals surface area contributed by atoms with Crippen LogP contribution in [0.1, 0.15) is 33.6 Å². The van der Waals surface area contributed by atoms with Crippen molar-refractivity contribution in [3.8, 4) is 0 Å². The second-order valence-corrected chi connectivity index (χ2v) is 9.50. The summed E-state index contributed by atoms with van der Waals surface area (Å²) in [6.45, 7) is 6.99. The van der Waals surface area contributed by atoms with Crippen LogP contribution < -0.4 is 0 Å². The second kappa shape index (κ2) is 8.83. The van der Waals surface area contributed by atoms with Gasteiger partial charge in [0.2, 0.25) is 0 Å². The molecule has 0 radical (unpaired) electrons. The van der Waals surface area contributed by atoms with Gasteiger partial charge in [-0.25, -0.2) is 4.57 Å². The molecule has 0 aliphatic rings. The fraction of sp³-hybridized carbons (Fsp3) is 1.00. The van der Waals surface area contributed by atoms with Crippen molar-refractivity contribution in [3.05, 3.63) is 0 Å². The Morgan fingerprint density at radius 1 is 1.12 bits per heavy atom. The second-order valence-electron chi connectivity index (χ2n) is 4.37. The van der Waals surface area contributed by atoms with E-state index < -0.39 is 7.82 Å². The zero-order valence-electron chi connectivity index (χ0n) is 11.2. The molecule has 0 bridgehead atoms. The third-order valence-corrected chi connectivity index (χ3v) is 6.45.